The van der Waals surface area contributed by atoms with Crippen molar-refractivity contribution in [2.75, 3.05) is 19.8 Å². The van der Waals surface area contributed by atoms with Crippen LogP contribution in [0.1, 0.15) is 96.8 Å². The van der Waals surface area contributed by atoms with Crippen LogP contribution in [0.3, 0.4) is 0 Å². The fourth-order valence-corrected chi connectivity index (χ4v) is 4.34. The van der Waals surface area contributed by atoms with Crippen molar-refractivity contribution in [1.29, 1.82) is 0 Å². The molecular weight excluding hydrogens is 564 g/mol. The van der Waals surface area contributed by atoms with Gasteiger partial charge in [0.25, 0.3) is 0 Å². The summed E-state index contributed by atoms with van der Waals surface area (Å²) in [6, 6.07) is 24.2. The highest BCUT2D eigenvalue weighted by Crippen LogP contribution is 2.23. The molecule has 0 heterocycles. The van der Waals surface area contributed by atoms with Crippen molar-refractivity contribution in [2.24, 2.45) is 0 Å². The van der Waals surface area contributed by atoms with Crippen molar-refractivity contribution < 1.29 is 29.5 Å². The molecule has 0 aliphatic heterocycles. The second kappa shape index (κ2) is 25.2. The number of hydrogen-bond donors (Lipinski definition) is 3. The van der Waals surface area contributed by atoms with E-state index in [0.29, 0.717) is 0 Å². The molecule has 0 aromatic heterocycles. The Hall–Kier alpha value is -3.06. The number of ether oxygens (including phenoxy) is 3. The minimum Gasteiger partial charge on any atom is -0.488 e. The molecule has 0 saturated heterocycles. The van der Waals surface area contributed by atoms with E-state index in [9.17, 15) is 0 Å². The molecule has 6 heteroatoms. The maximum Gasteiger partial charge on any atom is 0.123 e. The highest BCUT2D eigenvalue weighted by atomic mass is 16.5. The third-order valence-electron chi connectivity index (χ3n) is 7.07. The summed E-state index contributed by atoms with van der Waals surface area (Å²) < 4.78 is 16.9. The molecule has 3 N–H and O–H groups in total. The SMILES string of the molecule is CCCCc1ccccc1OC(C)CO.CCCCc1ccccc1O[C@@H](C)CO.CCCCc1ccccc1O[C@H](C)CO. The van der Waals surface area contributed by atoms with Crippen molar-refractivity contribution >= 4 is 0 Å². The van der Waals surface area contributed by atoms with Gasteiger partial charge in [0, 0.05) is 0 Å². The molecular formula is C39H60O6. The van der Waals surface area contributed by atoms with E-state index in [1.54, 1.807) is 0 Å². The Kier molecular flexibility index (Phi) is 22.4. The number of rotatable bonds is 18. The van der Waals surface area contributed by atoms with Crippen LogP contribution in [-0.2, 0) is 19.3 Å². The number of unbranched alkanes of at least 4 members (excludes halogenated alkanes) is 3. The molecule has 0 amide bonds. The van der Waals surface area contributed by atoms with E-state index in [2.05, 4.69) is 39.0 Å². The lowest BCUT2D eigenvalue weighted by molar-refractivity contribution is 0.128. The van der Waals surface area contributed by atoms with Crippen molar-refractivity contribution in [3.63, 3.8) is 0 Å². The molecule has 3 rings (SSSR count). The molecule has 1 unspecified atom stereocenters. The van der Waals surface area contributed by atoms with Crippen LogP contribution < -0.4 is 14.2 Å². The molecule has 0 aliphatic rings. The molecule has 0 spiro atoms. The number of benzene rings is 3. The van der Waals surface area contributed by atoms with E-state index in [4.69, 9.17) is 29.5 Å². The lowest BCUT2D eigenvalue weighted by Gasteiger charge is -2.15. The van der Waals surface area contributed by atoms with Crippen molar-refractivity contribution in [1.82, 2.24) is 0 Å². The Labute approximate surface area is 273 Å². The summed E-state index contributed by atoms with van der Waals surface area (Å²) >= 11 is 0. The molecule has 6 nitrogen and oxygen atoms in total. The zero-order chi connectivity index (χ0) is 33.3. The van der Waals surface area contributed by atoms with E-state index in [1.165, 1.54) is 55.2 Å². The van der Waals surface area contributed by atoms with Gasteiger partial charge in [-0.05, 0) is 94.2 Å². The van der Waals surface area contributed by atoms with Gasteiger partial charge in [-0.25, -0.2) is 0 Å². The Balaban J connectivity index is 0.000000337. The van der Waals surface area contributed by atoms with Gasteiger partial charge in [0.05, 0.1) is 19.8 Å². The lowest BCUT2D eigenvalue weighted by Crippen LogP contribution is -2.17. The first kappa shape index (κ1) is 40.0. The summed E-state index contributed by atoms with van der Waals surface area (Å²) in [6.45, 7) is 12.3. The third kappa shape index (κ3) is 17.3. The quantitative estimate of drug-likeness (QED) is 0.132. The zero-order valence-electron chi connectivity index (χ0n) is 28.7. The van der Waals surface area contributed by atoms with E-state index in [1.807, 2.05) is 75.4 Å². The van der Waals surface area contributed by atoms with Crippen LogP contribution in [0.25, 0.3) is 0 Å². The first-order valence-electron chi connectivity index (χ1n) is 16.9. The van der Waals surface area contributed by atoms with E-state index in [-0.39, 0.29) is 38.1 Å². The largest absolute Gasteiger partial charge is 0.488 e. The zero-order valence-corrected chi connectivity index (χ0v) is 28.7. The molecule has 0 aliphatic carbocycles. The fourth-order valence-electron chi connectivity index (χ4n) is 4.34. The summed E-state index contributed by atoms with van der Waals surface area (Å²) in [5, 5.41) is 26.8. The number of hydrogen-bond acceptors (Lipinski definition) is 6. The minimum absolute atomic E-state index is 0.0577. The summed E-state index contributed by atoms with van der Waals surface area (Å²) in [7, 11) is 0. The number of aliphatic hydroxyl groups is 3. The van der Waals surface area contributed by atoms with Crippen LogP contribution in [-0.4, -0.2) is 53.5 Å². The third-order valence-corrected chi connectivity index (χ3v) is 7.07. The number of para-hydroxylation sites is 3. The molecule has 0 bridgehead atoms. The fraction of sp³-hybridized carbons (Fsp3) is 0.538. The van der Waals surface area contributed by atoms with Gasteiger partial charge in [-0.3, -0.25) is 0 Å². The van der Waals surface area contributed by atoms with Crippen LogP contribution in [0.2, 0.25) is 0 Å². The number of aliphatic hydroxyl groups excluding tert-OH is 3. The van der Waals surface area contributed by atoms with Gasteiger partial charge >= 0.3 is 0 Å². The smallest absolute Gasteiger partial charge is 0.123 e. The maximum absolute atomic E-state index is 8.94. The van der Waals surface area contributed by atoms with Crippen LogP contribution in [0.15, 0.2) is 72.8 Å². The average molecular weight is 625 g/mol. The van der Waals surface area contributed by atoms with Gasteiger partial charge in [-0.15, -0.1) is 0 Å². The standard InChI is InChI=1S/3C13H20O2/c3*1-3-4-7-12-8-5-6-9-13(12)15-11(2)10-14/h3*5-6,8-9,11,14H,3-4,7,10H2,1-2H3/t2*11-;/m10./s1. The Bertz CT molecular complexity index is 992. The first-order valence-corrected chi connectivity index (χ1v) is 16.9. The predicted molar refractivity (Wildman–Crippen MR) is 187 cm³/mol. The minimum atomic E-state index is -0.132. The van der Waals surface area contributed by atoms with Crippen molar-refractivity contribution in [3.05, 3.63) is 89.5 Å². The van der Waals surface area contributed by atoms with Gasteiger partial charge in [0.1, 0.15) is 35.6 Å². The predicted octanol–water partition coefficient (Wildman–Crippen LogP) is 8.37. The number of aryl methyl sites for hydroxylation is 3. The highest BCUT2D eigenvalue weighted by Gasteiger charge is 2.08. The van der Waals surface area contributed by atoms with Crippen molar-refractivity contribution in [3.8, 4) is 17.2 Å². The highest BCUT2D eigenvalue weighted by molar-refractivity contribution is 5.35. The molecule has 3 aromatic rings. The summed E-state index contributed by atoms with van der Waals surface area (Å²) in [6.07, 6.45) is 9.82. The first-order chi connectivity index (χ1) is 21.8. The van der Waals surface area contributed by atoms with E-state index >= 15 is 0 Å². The second-order valence-electron chi connectivity index (χ2n) is 11.5. The Morgan fingerprint density at radius 1 is 0.444 bits per heavy atom. The normalized spacial score (nSPS) is 12.5. The van der Waals surface area contributed by atoms with E-state index < -0.39 is 0 Å². The molecule has 0 saturated carbocycles. The van der Waals surface area contributed by atoms with Gasteiger partial charge < -0.3 is 29.5 Å². The van der Waals surface area contributed by atoms with Crippen LogP contribution in [0, 0.1) is 0 Å². The lowest BCUT2D eigenvalue weighted by atomic mass is 10.1. The molecule has 252 valence electrons. The van der Waals surface area contributed by atoms with E-state index in [0.717, 1.165) is 36.5 Å². The monoisotopic (exact) mass is 624 g/mol. The van der Waals surface area contributed by atoms with Gasteiger partial charge in [-0.2, -0.15) is 0 Å². The molecule has 0 radical (unpaired) electrons. The summed E-state index contributed by atoms with van der Waals surface area (Å²) in [4.78, 5) is 0. The second-order valence-corrected chi connectivity index (χ2v) is 11.5. The van der Waals surface area contributed by atoms with Crippen LogP contribution in [0.5, 0.6) is 17.2 Å². The molecule has 3 atom stereocenters. The summed E-state index contributed by atoms with van der Waals surface area (Å²) in [5.41, 5.74) is 3.71. The Morgan fingerprint density at radius 3 is 0.911 bits per heavy atom. The Morgan fingerprint density at radius 2 is 0.689 bits per heavy atom. The molecule has 0 fully saturated rings. The van der Waals surface area contributed by atoms with Gasteiger partial charge in [0.15, 0.2) is 0 Å². The molecule has 45 heavy (non-hydrogen) atoms. The van der Waals surface area contributed by atoms with Crippen LogP contribution in [0.4, 0.5) is 0 Å². The van der Waals surface area contributed by atoms with Gasteiger partial charge in [-0.1, -0.05) is 94.6 Å². The van der Waals surface area contributed by atoms with Crippen molar-refractivity contribution in [2.45, 2.75) is 118 Å². The average Bonchev–Trinajstić information content (AvgIpc) is 3.07. The van der Waals surface area contributed by atoms with Gasteiger partial charge in [0.2, 0.25) is 0 Å². The summed E-state index contributed by atoms with van der Waals surface area (Å²) in [5.74, 6) is 2.73. The maximum atomic E-state index is 8.94. The topological polar surface area (TPSA) is 88.4 Å². The molecule has 3 aromatic carbocycles. The van der Waals surface area contributed by atoms with Crippen LogP contribution >= 0.6 is 0 Å².